The van der Waals surface area contributed by atoms with Crippen LogP contribution in [0.5, 0.6) is 11.8 Å². The molecule has 0 aliphatic heterocycles. The number of nitrogens with zero attached hydrogens (tertiary/aromatic N) is 5. The van der Waals surface area contributed by atoms with Gasteiger partial charge in [0.05, 0.1) is 19.9 Å². The van der Waals surface area contributed by atoms with E-state index in [1.165, 1.54) is 25.1 Å². The molecule has 142 valence electrons. The number of ether oxygens (including phenoxy) is 2. The Balaban J connectivity index is 1.91. The fraction of sp³-hybridized carbons (Fsp3) is 0.375. The fourth-order valence-corrected chi connectivity index (χ4v) is 2.55. The molecule has 1 aliphatic rings. The van der Waals surface area contributed by atoms with Gasteiger partial charge in [0.25, 0.3) is 0 Å². The molecule has 3 heterocycles. The molecule has 1 saturated carbocycles. The van der Waals surface area contributed by atoms with Gasteiger partial charge in [-0.05, 0) is 12.8 Å². The molecule has 1 N–H and O–H groups in total. The molecule has 0 spiro atoms. The van der Waals surface area contributed by atoms with E-state index in [1.54, 1.807) is 12.1 Å². The Kier molecular flexibility index (Phi) is 4.01. The van der Waals surface area contributed by atoms with E-state index in [2.05, 4.69) is 25.3 Å². The van der Waals surface area contributed by atoms with Gasteiger partial charge in [-0.25, -0.2) is 15.0 Å². The van der Waals surface area contributed by atoms with Crippen molar-refractivity contribution >= 4 is 17.0 Å². The number of halogens is 3. The van der Waals surface area contributed by atoms with E-state index in [0.717, 1.165) is 12.8 Å². The van der Waals surface area contributed by atoms with Gasteiger partial charge in [0, 0.05) is 18.2 Å². The molecule has 11 heteroatoms. The predicted molar refractivity (Wildman–Crippen MR) is 89.2 cm³/mol. The summed E-state index contributed by atoms with van der Waals surface area (Å²) in [6.07, 6.45) is -1.54. The standard InChI is InChI=1S/C16H15F3N6O2/c1-26-10-5-9(6-11(22-10)27-2)25-7-20-12-13(21-8-3-4-8)23-15(16(17,18)19)24-14(12)25/h5-8H,3-4H2,1-2H3,(H,21,23,24). The summed E-state index contributed by atoms with van der Waals surface area (Å²) in [5.41, 5.74) is 0.728. The maximum atomic E-state index is 13.3. The van der Waals surface area contributed by atoms with Crippen molar-refractivity contribution in [2.45, 2.75) is 25.1 Å². The first-order valence-electron chi connectivity index (χ1n) is 8.08. The highest BCUT2D eigenvalue weighted by Gasteiger charge is 2.37. The summed E-state index contributed by atoms with van der Waals surface area (Å²) in [6.45, 7) is 0. The van der Waals surface area contributed by atoms with Gasteiger partial charge in [0.2, 0.25) is 17.6 Å². The van der Waals surface area contributed by atoms with Crippen LogP contribution in [0, 0.1) is 0 Å². The zero-order chi connectivity index (χ0) is 19.2. The van der Waals surface area contributed by atoms with Gasteiger partial charge in [0.1, 0.15) is 6.33 Å². The maximum absolute atomic E-state index is 13.3. The van der Waals surface area contributed by atoms with Gasteiger partial charge >= 0.3 is 6.18 Å². The van der Waals surface area contributed by atoms with Gasteiger partial charge in [-0.3, -0.25) is 4.57 Å². The topological polar surface area (TPSA) is 87.0 Å². The zero-order valence-corrected chi connectivity index (χ0v) is 14.4. The molecule has 1 fully saturated rings. The third-order valence-electron chi connectivity index (χ3n) is 4.03. The molecule has 0 atom stereocenters. The number of anilines is 1. The molecular formula is C16H15F3N6O2. The molecule has 4 rings (SSSR count). The van der Waals surface area contributed by atoms with E-state index in [9.17, 15) is 13.2 Å². The summed E-state index contributed by atoms with van der Waals surface area (Å²) >= 11 is 0. The minimum absolute atomic E-state index is 0.0239. The molecule has 8 nitrogen and oxygen atoms in total. The van der Waals surface area contributed by atoms with Crippen LogP contribution in [0.25, 0.3) is 16.9 Å². The van der Waals surface area contributed by atoms with Gasteiger partial charge in [0.15, 0.2) is 17.0 Å². The highest BCUT2D eigenvalue weighted by Crippen LogP contribution is 2.33. The summed E-state index contributed by atoms with van der Waals surface area (Å²) in [6, 6.07) is 3.20. The van der Waals surface area contributed by atoms with Crippen LogP contribution in [0.4, 0.5) is 19.0 Å². The minimum atomic E-state index is -4.68. The lowest BCUT2D eigenvalue weighted by atomic mass is 10.3. The van der Waals surface area contributed by atoms with Crippen molar-refractivity contribution in [3.8, 4) is 17.4 Å². The lowest BCUT2D eigenvalue weighted by Gasteiger charge is -2.11. The largest absolute Gasteiger partial charge is 0.481 e. The SMILES string of the molecule is COc1cc(-n2cnc3c(NC4CC4)nc(C(F)(F)F)nc32)cc(OC)n1. The number of nitrogens with one attached hydrogen (secondary N) is 1. The highest BCUT2D eigenvalue weighted by atomic mass is 19.4. The summed E-state index contributed by atoms with van der Waals surface area (Å²) in [4.78, 5) is 15.6. The lowest BCUT2D eigenvalue weighted by molar-refractivity contribution is -0.144. The number of aromatic nitrogens is 5. The Morgan fingerprint density at radius 1 is 1.07 bits per heavy atom. The second kappa shape index (κ2) is 6.25. The van der Waals surface area contributed by atoms with Crippen molar-refractivity contribution in [1.29, 1.82) is 0 Å². The highest BCUT2D eigenvalue weighted by molar-refractivity contribution is 5.84. The number of rotatable bonds is 5. The predicted octanol–water partition coefficient (Wildman–Crippen LogP) is 2.82. The van der Waals surface area contributed by atoms with E-state index < -0.39 is 12.0 Å². The van der Waals surface area contributed by atoms with Crippen molar-refractivity contribution < 1.29 is 22.6 Å². The zero-order valence-electron chi connectivity index (χ0n) is 14.4. The number of imidazole rings is 1. The molecule has 0 amide bonds. The van der Waals surface area contributed by atoms with Gasteiger partial charge in [-0.15, -0.1) is 0 Å². The normalized spacial score (nSPS) is 14.4. The molecular weight excluding hydrogens is 365 g/mol. The smallest absolute Gasteiger partial charge is 0.451 e. The van der Waals surface area contributed by atoms with Crippen molar-refractivity contribution in [2.24, 2.45) is 0 Å². The Bertz CT molecular complexity index is 977. The van der Waals surface area contributed by atoms with Crippen LogP contribution in [0.2, 0.25) is 0 Å². The fourth-order valence-electron chi connectivity index (χ4n) is 2.55. The van der Waals surface area contributed by atoms with Crippen LogP contribution in [0.15, 0.2) is 18.5 Å². The monoisotopic (exact) mass is 380 g/mol. The Labute approximate surface area is 151 Å². The van der Waals surface area contributed by atoms with E-state index >= 15 is 0 Å². The van der Waals surface area contributed by atoms with Gasteiger partial charge < -0.3 is 14.8 Å². The minimum Gasteiger partial charge on any atom is -0.481 e. The summed E-state index contributed by atoms with van der Waals surface area (Å²) in [7, 11) is 2.86. The van der Waals surface area contributed by atoms with Crippen molar-refractivity contribution in [3.05, 3.63) is 24.3 Å². The second-order valence-corrected chi connectivity index (χ2v) is 6.01. The number of methoxy groups -OCH3 is 2. The quantitative estimate of drug-likeness (QED) is 0.728. The second-order valence-electron chi connectivity index (χ2n) is 6.01. The molecule has 3 aromatic rings. The number of hydrogen-bond donors (Lipinski definition) is 1. The van der Waals surface area contributed by atoms with Crippen molar-refractivity contribution in [2.75, 3.05) is 19.5 Å². The molecule has 1 aliphatic carbocycles. The van der Waals surface area contributed by atoms with Crippen molar-refractivity contribution in [3.63, 3.8) is 0 Å². The number of alkyl halides is 3. The van der Waals surface area contributed by atoms with Crippen molar-refractivity contribution in [1.82, 2.24) is 24.5 Å². The van der Waals surface area contributed by atoms with E-state index in [-0.39, 0.29) is 34.8 Å². The van der Waals surface area contributed by atoms with Crippen LogP contribution >= 0.6 is 0 Å². The van der Waals surface area contributed by atoms with Crippen LogP contribution < -0.4 is 14.8 Å². The number of hydrogen-bond acceptors (Lipinski definition) is 7. The van der Waals surface area contributed by atoms with Crippen LogP contribution in [-0.4, -0.2) is 44.8 Å². The Morgan fingerprint density at radius 3 is 2.30 bits per heavy atom. The first kappa shape index (κ1) is 17.3. The molecule has 27 heavy (non-hydrogen) atoms. The molecule has 0 radical (unpaired) electrons. The molecule has 0 unspecified atom stereocenters. The van der Waals surface area contributed by atoms with Gasteiger partial charge in [-0.1, -0.05) is 0 Å². The molecule has 0 bridgehead atoms. The van der Waals surface area contributed by atoms with E-state index in [0.29, 0.717) is 5.69 Å². The Morgan fingerprint density at radius 2 is 1.74 bits per heavy atom. The molecule has 0 saturated heterocycles. The summed E-state index contributed by atoms with van der Waals surface area (Å²) in [5, 5.41) is 2.99. The first-order valence-corrected chi connectivity index (χ1v) is 8.08. The maximum Gasteiger partial charge on any atom is 0.451 e. The van der Waals surface area contributed by atoms with Crippen LogP contribution in [0.3, 0.4) is 0 Å². The van der Waals surface area contributed by atoms with Crippen LogP contribution in [-0.2, 0) is 6.18 Å². The van der Waals surface area contributed by atoms with E-state index in [4.69, 9.17) is 9.47 Å². The van der Waals surface area contributed by atoms with Crippen LogP contribution in [0.1, 0.15) is 18.7 Å². The molecule has 0 aromatic carbocycles. The van der Waals surface area contributed by atoms with E-state index in [1.807, 2.05) is 0 Å². The van der Waals surface area contributed by atoms with Gasteiger partial charge in [-0.2, -0.15) is 18.2 Å². The Hall–Kier alpha value is -3.11. The average molecular weight is 380 g/mol. The number of fused-ring (bicyclic) bond motifs is 1. The summed E-state index contributed by atoms with van der Waals surface area (Å²) < 4.78 is 51.5. The third kappa shape index (κ3) is 3.32. The first-order chi connectivity index (χ1) is 12.9. The summed E-state index contributed by atoms with van der Waals surface area (Å²) in [5.74, 6) is -0.672. The lowest BCUT2D eigenvalue weighted by Crippen LogP contribution is -2.15. The third-order valence-corrected chi connectivity index (χ3v) is 4.03. The molecule has 3 aromatic heterocycles. The number of pyridine rings is 1. The average Bonchev–Trinajstić information content (AvgIpc) is 3.35.